The lowest BCUT2D eigenvalue weighted by molar-refractivity contribution is -0.126. The van der Waals surface area contributed by atoms with Crippen molar-refractivity contribution in [2.75, 3.05) is 7.11 Å². The molecule has 0 unspecified atom stereocenters. The molecule has 1 fully saturated rings. The van der Waals surface area contributed by atoms with E-state index in [1.54, 1.807) is 30.4 Å². The Bertz CT molecular complexity index is 769. The zero-order chi connectivity index (χ0) is 17.6. The zero-order valence-corrected chi connectivity index (χ0v) is 14.9. The SMILES string of the molecule is CC[C@H]1S/C(=N\N=C/c2ccco2)N(Cc2ccc(OC)cc2)C1=O. The highest BCUT2D eigenvalue weighted by Gasteiger charge is 2.36. The predicted octanol–water partition coefficient (Wildman–Crippen LogP) is 3.53. The van der Waals surface area contributed by atoms with Gasteiger partial charge in [0.25, 0.3) is 0 Å². The van der Waals surface area contributed by atoms with Crippen molar-refractivity contribution in [2.24, 2.45) is 10.2 Å². The smallest absolute Gasteiger partial charge is 0.242 e. The summed E-state index contributed by atoms with van der Waals surface area (Å²) >= 11 is 1.45. The molecule has 1 aliphatic rings. The molecule has 25 heavy (non-hydrogen) atoms. The molecular formula is C18H19N3O3S. The maximum Gasteiger partial charge on any atom is 0.242 e. The van der Waals surface area contributed by atoms with E-state index in [1.807, 2.05) is 31.2 Å². The quantitative estimate of drug-likeness (QED) is 0.586. The Hall–Kier alpha value is -2.54. The van der Waals surface area contributed by atoms with Crippen LogP contribution in [0.25, 0.3) is 0 Å². The number of carbonyl (C=O) groups excluding carboxylic acids is 1. The summed E-state index contributed by atoms with van der Waals surface area (Å²) in [5.74, 6) is 1.47. The minimum absolute atomic E-state index is 0.0651. The van der Waals surface area contributed by atoms with E-state index in [0.29, 0.717) is 17.5 Å². The monoisotopic (exact) mass is 357 g/mol. The van der Waals surface area contributed by atoms with Crippen LogP contribution in [0.5, 0.6) is 5.75 Å². The predicted molar refractivity (Wildman–Crippen MR) is 99.0 cm³/mol. The molecule has 0 spiro atoms. The molecule has 1 atom stereocenters. The molecule has 2 heterocycles. The molecule has 0 saturated carbocycles. The van der Waals surface area contributed by atoms with Crippen LogP contribution in [0.15, 0.2) is 57.3 Å². The number of methoxy groups -OCH3 is 1. The molecule has 0 N–H and O–H groups in total. The highest BCUT2D eigenvalue weighted by atomic mass is 32.2. The lowest BCUT2D eigenvalue weighted by atomic mass is 10.2. The van der Waals surface area contributed by atoms with Crippen LogP contribution in [0.4, 0.5) is 0 Å². The molecular weight excluding hydrogens is 338 g/mol. The summed E-state index contributed by atoms with van der Waals surface area (Å²) < 4.78 is 10.4. The molecule has 1 amide bonds. The average Bonchev–Trinajstić information content (AvgIpc) is 3.25. The maximum atomic E-state index is 12.6. The van der Waals surface area contributed by atoms with E-state index < -0.39 is 0 Å². The number of hydrogen-bond acceptors (Lipinski definition) is 6. The summed E-state index contributed by atoms with van der Waals surface area (Å²) in [7, 11) is 1.63. The highest BCUT2D eigenvalue weighted by molar-refractivity contribution is 8.15. The van der Waals surface area contributed by atoms with Crippen molar-refractivity contribution >= 4 is 29.1 Å². The Morgan fingerprint density at radius 2 is 2.12 bits per heavy atom. The third-order valence-electron chi connectivity index (χ3n) is 3.76. The first kappa shape index (κ1) is 17.3. The van der Waals surface area contributed by atoms with Crippen molar-refractivity contribution in [3.63, 3.8) is 0 Å². The van der Waals surface area contributed by atoms with Crippen molar-refractivity contribution in [2.45, 2.75) is 25.1 Å². The summed E-state index contributed by atoms with van der Waals surface area (Å²) in [6.07, 6.45) is 3.86. The van der Waals surface area contributed by atoms with E-state index in [4.69, 9.17) is 9.15 Å². The van der Waals surface area contributed by atoms with Crippen LogP contribution in [0, 0.1) is 0 Å². The van der Waals surface area contributed by atoms with Crippen LogP contribution in [0.2, 0.25) is 0 Å². The molecule has 1 aromatic carbocycles. The molecule has 1 saturated heterocycles. The molecule has 7 heteroatoms. The second-order valence-corrected chi connectivity index (χ2v) is 6.60. The summed E-state index contributed by atoms with van der Waals surface area (Å²) in [5, 5.41) is 8.77. The van der Waals surface area contributed by atoms with Crippen molar-refractivity contribution in [1.82, 2.24) is 4.90 Å². The van der Waals surface area contributed by atoms with Crippen LogP contribution in [-0.4, -0.2) is 34.5 Å². The van der Waals surface area contributed by atoms with Crippen LogP contribution in [0.3, 0.4) is 0 Å². The summed E-state index contributed by atoms with van der Waals surface area (Å²) in [4.78, 5) is 14.3. The number of carbonyl (C=O) groups is 1. The first-order valence-corrected chi connectivity index (χ1v) is 8.84. The van der Waals surface area contributed by atoms with Gasteiger partial charge < -0.3 is 9.15 Å². The molecule has 6 nitrogen and oxygen atoms in total. The molecule has 0 radical (unpaired) electrons. The number of benzene rings is 1. The Kier molecular flexibility index (Phi) is 5.55. The minimum atomic E-state index is -0.115. The van der Waals surface area contributed by atoms with Crippen molar-refractivity contribution in [3.8, 4) is 5.75 Å². The van der Waals surface area contributed by atoms with E-state index in [9.17, 15) is 4.79 Å². The molecule has 3 rings (SSSR count). The van der Waals surface area contributed by atoms with Crippen LogP contribution in [-0.2, 0) is 11.3 Å². The number of amidine groups is 1. The normalized spacial score (nSPS) is 19.3. The van der Waals surface area contributed by atoms with Gasteiger partial charge in [-0.3, -0.25) is 9.69 Å². The van der Waals surface area contributed by atoms with E-state index >= 15 is 0 Å². The summed E-state index contributed by atoms with van der Waals surface area (Å²) in [5.41, 5.74) is 1.01. The van der Waals surface area contributed by atoms with Crippen molar-refractivity contribution in [1.29, 1.82) is 0 Å². The van der Waals surface area contributed by atoms with E-state index in [2.05, 4.69) is 10.2 Å². The average molecular weight is 357 g/mol. The number of amides is 1. The van der Waals surface area contributed by atoms with Gasteiger partial charge in [0.15, 0.2) is 5.17 Å². The number of nitrogens with zero attached hydrogens (tertiary/aromatic N) is 3. The number of hydrogen-bond donors (Lipinski definition) is 0. The molecule has 0 aliphatic carbocycles. The van der Waals surface area contributed by atoms with Gasteiger partial charge in [-0.05, 0) is 36.2 Å². The number of furan rings is 1. The van der Waals surface area contributed by atoms with Gasteiger partial charge in [-0.25, -0.2) is 0 Å². The first-order chi connectivity index (χ1) is 12.2. The van der Waals surface area contributed by atoms with E-state index in [1.165, 1.54) is 18.0 Å². The van der Waals surface area contributed by atoms with Gasteiger partial charge in [0.05, 0.1) is 31.4 Å². The summed E-state index contributed by atoms with van der Waals surface area (Å²) in [6.45, 7) is 2.46. The second-order valence-electron chi connectivity index (χ2n) is 5.43. The van der Waals surface area contributed by atoms with Gasteiger partial charge in [-0.1, -0.05) is 30.8 Å². The molecule has 1 aliphatic heterocycles. The standard InChI is InChI=1S/C18H19N3O3S/c1-3-16-17(22)21(12-13-6-8-14(23-2)9-7-13)18(25-16)20-19-11-15-5-4-10-24-15/h4-11,16H,3,12H2,1-2H3/b19-11-,20-18-/t16-/m1/s1. The third kappa shape index (κ3) is 4.11. The van der Waals surface area contributed by atoms with E-state index in [0.717, 1.165) is 17.7 Å². The van der Waals surface area contributed by atoms with Crippen molar-refractivity contribution in [3.05, 3.63) is 54.0 Å². The molecule has 2 aromatic rings. The first-order valence-electron chi connectivity index (χ1n) is 7.96. The fraction of sp³-hybridized carbons (Fsp3) is 0.278. The summed E-state index contributed by atoms with van der Waals surface area (Å²) in [6, 6.07) is 11.2. The van der Waals surface area contributed by atoms with Gasteiger partial charge in [-0.2, -0.15) is 5.10 Å². The van der Waals surface area contributed by atoms with Crippen LogP contribution >= 0.6 is 11.8 Å². The molecule has 0 bridgehead atoms. The maximum absolute atomic E-state index is 12.6. The van der Waals surface area contributed by atoms with Gasteiger partial charge in [0.1, 0.15) is 11.5 Å². The largest absolute Gasteiger partial charge is 0.497 e. The van der Waals surface area contributed by atoms with Crippen molar-refractivity contribution < 1.29 is 13.9 Å². The molecule has 130 valence electrons. The fourth-order valence-corrected chi connectivity index (χ4v) is 3.43. The Balaban J connectivity index is 1.78. The Labute approximate surface area is 150 Å². The fourth-order valence-electron chi connectivity index (χ4n) is 2.40. The van der Waals surface area contributed by atoms with Crippen LogP contribution < -0.4 is 4.74 Å². The number of ether oxygens (including phenoxy) is 1. The topological polar surface area (TPSA) is 67.4 Å². The zero-order valence-electron chi connectivity index (χ0n) is 14.1. The Morgan fingerprint density at radius 1 is 1.32 bits per heavy atom. The highest BCUT2D eigenvalue weighted by Crippen LogP contribution is 2.31. The molecule has 1 aromatic heterocycles. The lowest BCUT2D eigenvalue weighted by Gasteiger charge is -2.16. The van der Waals surface area contributed by atoms with Gasteiger partial charge in [0, 0.05) is 0 Å². The van der Waals surface area contributed by atoms with Gasteiger partial charge in [-0.15, -0.1) is 5.10 Å². The second kappa shape index (κ2) is 8.02. The van der Waals surface area contributed by atoms with E-state index in [-0.39, 0.29) is 11.2 Å². The number of thioether (sulfide) groups is 1. The van der Waals surface area contributed by atoms with Gasteiger partial charge in [0.2, 0.25) is 5.91 Å². The third-order valence-corrected chi connectivity index (χ3v) is 5.09. The lowest BCUT2D eigenvalue weighted by Crippen LogP contribution is -2.31. The van der Waals surface area contributed by atoms with Gasteiger partial charge >= 0.3 is 0 Å². The van der Waals surface area contributed by atoms with Crippen LogP contribution in [0.1, 0.15) is 24.7 Å². The number of rotatable bonds is 6. The minimum Gasteiger partial charge on any atom is -0.497 e. The Morgan fingerprint density at radius 3 is 2.76 bits per heavy atom.